The molecule has 0 saturated carbocycles. The van der Waals surface area contributed by atoms with Crippen LogP contribution in [-0.4, -0.2) is 33.6 Å². The summed E-state index contributed by atoms with van der Waals surface area (Å²) in [7, 11) is -4.60. The van der Waals surface area contributed by atoms with E-state index >= 15 is 0 Å². The molecule has 1 aromatic rings. The Hall–Kier alpha value is -1.15. The quantitative estimate of drug-likeness (QED) is 0.252. The predicted octanol–water partition coefficient (Wildman–Crippen LogP) is 0.786. The Kier molecular flexibility index (Phi) is 5.74. The Balaban J connectivity index is 2.54. The van der Waals surface area contributed by atoms with Gasteiger partial charge in [-0.15, -0.1) is 0 Å². The second-order valence-electron chi connectivity index (χ2n) is 3.33. The van der Waals surface area contributed by atoms with Gasteiger partial charge in [-0.05, 0) is 12.1 Å². The first-order chi connectivity index (χ1) is 8.81. The van der Waals surface area contributed by atoms with Crippen LogP contribution in [0.2, 0.25) is 5.02 Å². The van der Waals surface area contributed by atoms with Crippen molar-refractivity contribution in [2.45, 2.75) is 5.97 Å². The number of aliphatic hydroxyl groups is 1. The zero-order chi connectivity index (χ0) is 14.5. The monoisotopic (exact) mass is 311 g/mol. The van der Waals surface area contributed by atoms with E-state index in [0.717, 1.165) is 0 Å². The molecule has 0 aromatic heterocycles. The number of carboxylic acids is 1. The highest BCUT2D eigenvalue weighted by Crippen LogP contribution is 2.45. The van der Waals surface area contributed by atoms with Crippen LogP contribution >= 0.6 is 19.2 Å². The van der Waals surface area contributed by atoms with Crippen LogP contribution in [0, 0.1) is 0 Å². The number of aliphatic hydroxyl groups excluding tert-OH is 1. The van der Waals surface area contributed by atoms with Gasteiger partial charge in [-0.3, -0.25) is 14.7 Å². The molecule has 0 radical (unpaired) electrons. The summed E-state index contributed by atoms with van der Waals surface area (Å²) in [5.74, 6) is -3.36. The molecule has 0 heterocycles. The lowest BCUT2D eigenvalue weighted by molar-refractivity contribution is -0.136. The SMILES string of the molecule is O=C(O)CNC(O)P(=O)(O)OOc1cccc(Cl)c1. The first-order valence-corrected chi connectivity index (χ1v) is 6.91. The number of halogens is 1. The van der Waals surface area contributed by atoms with E-state index in [-0.39, 0.29) is 5.75 Å². The molecule has 10 heteroatoms. The van der Waals surface area contributed by atoms with Gasteiger partial charge in [0.15, 0.2) is 5.75 Å². The molecule has 106 valence electrons. The van der Waals surface area contributed by atoms with Crippen molar-refractivity contribution >= 4 is 25.2 Å². The lowest BCUT2D eigenvalue weighted by Gasteiger charge is -2.17. The summed E-state index contributed by atoms with van der Waals surface area (Å²) in [6.07, 6.45) is 0. The van der Waals surface area contributed by atoms with Gasteiger partial charge >= 0.3 is 13.6 Å². The first kappa shape index (κ1) is 15.9. The number of rotatable bonds is 7. The van der Waals surface area contributed by atoms with Crippen LogP contribution in [0.3, 0.4) is 0 Å². The number of carbonyl (C=O) groups is 1. The maximum absolute atomic E-state index is 11.5. The van der Waals surface area contributed by atoms with Crippen LogP contribution in [-0.2, 0) is 14.0 Å². The number of aliphatic carboxylic acids is 1. The number of carboxylic acid groups (broad SMARTS) is 1. The highest BCUT2D eigenvalue weighted by Gasteiger charge is 2.33. The molecule has 1 aromatic carbocycles. The molecule has 0 spiro atoms. The number of hydrogen-bond donors (Lipinski definition) is 4. The molecule has 1 rings (SSSR count). The van der Waals surface area contributed by atoms with Gasteiger partial charge < -0.3 is 20.0 Å². The van der Waals surface area contributed by atoms with Gasteiger partial charge in [-0.25, -0.2) is 0 Å². The largest absolute Gasteiger partial charge is 0.480 e. The maximum atomic E-state index is 11.5. The number of hydrogen-bond acceptors (Lipinski definition) is 6. The van der Waals surface area contributed by atoms with Crippen LogP contribution in [0.5, 0.6) is 5.75 Å². The van der Waals surface area contributed by atoms with E-state index in [1.54, 1.807) is 6.07 Å². The summed E-state index contributed by atoms with van der Waals surface area (Å²) in [5.41, 5.74) is 0. The number of nitrogens with one attached hydrogen (secondary N) is 1. The smallest absolute Gasteiger partial charge is 0.408 e. The average molecular weight is 312 g/mol. The van der Waals surface area contributed by atoms with E-state index in [1.807, 2.05) is 5.32 Å². The summed E-state index contributed by atoms with van der Waals surface area (Å²) in [6.45, 7) is -0.716. The van der Waals surface area contributed by atoms with E-state index in [4.69, 9.17) is 16.7 Å². The lowest BCUT2D eigenvalue weighted by Crippen LogP contribution is -2.34. The molecule has 0 saturated heterocycles. The van der Waals surface area contributed by atoms with Crippen LogP contribution in [0.4, 0.5) is 0 Å². The maximum Gasteiger partial charge on any atom is 0.408 e. The second kappa shape index (κ2) is 6.85. The van der Waals surface area contributed by atoms with Gasteiger partial charge in [0.05, 0.1) is 6.54 Å². The molecule has 0 aliphatic carbocycles. The highest BCUT2D eigenvalue weighted by atomic mass is 35.5. The Bertz CT molecular complexity index is 497. The fourth-order valence-electron chi connectivity index (χ4n) is 0.950. The van der Waals surface area contributed by atoms with Gasteiger partial charge in [0, 0.05) is 11.1 Å². The molecule has 0 aliphatic rings. The molecular weight excluding hydrogens is 301 g/mol. The van der Waals surface area contributed by atoms with Crippen molar-refractivity contribution in [2.75, 3.05) is 6.54 Å². The zero-order valence-electron chi connectivity index (χ0n) is 9.39. The van der Waals surface area contributed by atoms with Crippen molar-refractivity contribution in [3.63, 3.8) is 0 Å². The second-order valence-corrected chi connectivity index (χ2v) is 5.53. The fourth-order valence-corrected chi connectivity index (χ4v) is 1.73. The van der Waals surface area contributed by atoms with Crippen LogP contribution in [0.25, 0.3) is 0 Å². The van der Waals surface area contributed by atoms with Gasteiger partial charge in [0.25, 0.3) is 0 Å². The third kappa shape index (κ3) is 5.56. The predicted molar refractivity (Wildman–Crippen MR) is 64.6 cm³/mol. The molecule has 2 atom stereocenters. The molecule has 2 unspecified atom stereocenters. The Morgan fingerprint density at radius 2 is 2.21 bits per heavy atom. The molecule has 4 N–H and O–H groups in total. The Morgan fingerprint density at radius 1 is 1.53 bits per heavy atom. The fraction of sp³-hybridized carbons (Fsp3) is 0.222. The zero-order valence-corrected chi connectivity index (χ0v) is 11.0. The molecule has 0 fully saturated rings. The van der Waals surface area contributed by atoms with Crippen molar-refractivity contribution in [1.29, 1.82) is 0 Å². The Morgan fingerprint density at radius 3 is 2.79 bits per heavy atom. The standard InChI is InChI=1S/C9H11ClNO7P/c10-6-2-1-3-7(4-6)17-18-19(15,16)9(14)11-5-8(12)13/h1-4,9,11,14H,5H2,(H,12,13)(H,15,16). The van der Waals surface area contributed by atoms with Crippen molar-refractivity contribution in [1.82, 2.24) is 5.32 Å². The summed E-state index contributed by atoms with van der Waals surface area (Å²) >= 11 is 5.65. The average Bonchev–Trinajstić information content (AvgIpc) is 2.33. The third-order valence-electron chi connectivity index (χ3n) is 1.78. The van der Waals surface area contributed by atoms with Crippen molar-refractivity contribution in [3.05, 3.63) is 29.3 Å². The topological polar surface area (TPSA) is 125 Å². The van der Waals surface area contributed by atoms with Gasteiger partial charge in [-0.1, -0.05) is 22.3 Å². The normalized spacial score (nSPS) is 15.5. The third-order valence-corrected chi connectivity index (χ3v) is 3.11. The minimum atomic E-state index is -4.60. The van der Waals surface area contributed by atoms with E-state index < -0.39 is 26.1 Å². The summed E-state index contributed by atoms with van der Waals surface area (Å²) in [5, 5.41) is 19.8. The van der Waals surface area contributed by atoms with Crippen molar-refractivity contribution in [3.8, 4) is 5.75 Å². The minimum Gasteiger partial charge on any atom is -0.480 e. The Labute approximate surface area is 113 Å². The van der Waals surface area contributed by atoms with E-state index in [2.05, 4.69) is 9.56 Å². The molecule has 0 bridgehead atoms. The molecule has 19 heavy (non-hydrogen) atoms. The summed E-state index contributed by atoms with van der Waals surface area (Å²) in [6, 6.07) is 5.79. The van der Waals surface area contributed by atoms with Crippen LogP contribution in [0.15, 0.2) is 24.3 Å². The molecule has 0 amide bonds. The van der Waals surface area contributed by atoms with Gasteiger partial charge in [-0.2, -0.15) is 0 Å². The van der Waals surface area contributed by atoms with Crippen molar-refractivity contribution in [2.24, 2.45) is 0 Å². The highest BCUT2D eigenvalue weighted by molar-refractivity contribution is 7.53. The minimum absolute atomic E-state index is 0.0483. The molecule has 0 aliphatic heterocycles. The van der Waals surface area contributed by atoms with Crippen molar-refractivity contribution < 1.29 is 34.0 Å². The van der Waals surface area contributed by atoms with Gasteiger partial charge in [0.2, 0.25) is 5.97 Å². The van der Waals surface area contributed by atoms with E-state index in [0.29, 0.717) is 5.02 Å². The van der Waals surface area contributed by atoms with E-state index in [9.17, 15) is 19.4 Å². The van der Waals surface area contributed by atoms with Crippen LogP contribution in [0.1, 0.15) is 0 Å². The molecule has 8 nitrogen and oxygen atoms in total. The summed E-state index contributed by atoms with van der Waals surface area (Å²) < 4.78 is 15.7. The first-order valence-electron chi connectivity index (χ1n) is 4.89. The lowest BCUT2D eigenvalue weighted by atomic mass is 10.3. The molecular formula is C9H11ClNO7P. The van der Waals surface area contributed by atoms with Gasteiger partial charge in [0.1, 0.15) is 0 Å². The van der Waals surface area contributed by atoms with Crippen LogP contribution < -0.4 is 10.2 Å². The summed E-state index contributed by atoms with van der Waals surface area (Å²) in [4.78, 5) is 24.0. The number of benzene rings is 1. The van der Waals surface area contributed by atoms with E-state index in [1.165, 1.54) is 18.2 Å².